The molecule has 0 aromatic carbocycles. The Balaban J connectivity index is 0.000000298. The van der Waals surface area contributed by atoms with E-state index >= 15 is 0 Å². The van der Waals surface area contributed by atoms with E-state index < -0.39 is 17.8 Å². The van der Waals surface area contributed by atoms with Crippen LogP contribution in [0.2, 0.25) is 0 Å². The van der Waals surface area contributed by atoms with E-state index in [0.717, 1.165) is 13.0 Å². The van der Waals surface area contributed by atoms with Crippen LogP contribution in [0.5, 0.6) is 0 Å². The zero-order valence-corrected chi connectivity index (χ0v) is 14.8. The number of amides is 1. The van der Waals surface area contributed by atoms with E-state index in [1.165, 1.54) is 0 Å². The zero-order valence-electron chi connectivity index (χ0n) is 14.8. The summed E-state index contributed by atoms with van der Waals surface area (Å²) >= 11 is 0. The minimum atomic E-state index is -5.08. The van der Waals surface area contributed by atoms with Gasteiger partial charge in [-0.1, -0.05) is 0 Å². The zero-order chi connectivity index (χ0) is 19.8. The van der Waals surface area contributed by atoms with Crippen LogP contribution in [0.25, 0.3) is 0 Å². The van der Waals surface area contributed by atoms with Crippen LogP contribution in [-0.4, -0.2) is 85.6 Å². The Morgan fingerprint density at radius 1 is 1.31 bits per heavy atom. The van der Waals surface area contributed by atoms with Gasteiger partial charge in [-0.2, -0.15) is 13.2 Å². The van der Waals surface area contributed by atoms with Crippen LogP contribution < -0.4 is 0 Å². The SMILES string of the molecule is CN(C)C[C@]12COC[C@H]1CN(C(=O)C1(F)CCC1)C2.O=C(O)C(F)(F)F. The highest BCUT2D eigenvalue weighted by Gasteiger charge is 2.56. The van der Waals surface area contributed by atoms with Crippen LogP contribution in [0.15, 0.2) is 0 Å². The Bertz CT molecular complexity index is 551. The Kier molecular flexibility index (Phi) is 5.86. The predicted octanol–water partition coefficient (Wildman–Crippen LogP) is 1.55. The molecule has 2 heterocycles. The van der Waals surface area contributed by atoms with Crippen molar-refractivity contribution in [2.75, 3.05) is 46.9 Å². The Labute approximate surface area is 149 Å². The van der Waals surface area contributed by atoms with Crippen molar-refractivity contribution in [3.63, 3.8) is 0 Å². The first-order valence-electron chi connectivity index (χ1n) is 8.40. The summed E-state index contributed by atoms with van der Waals surface area (Å²) in [4.78, 5) is 25.1. The van der Waals surface area contributed by atoms with Gasteiger partial charge in [0.1, 0.15) is 0 Å². The second kappa shape index (κ2) is 7.30. The van der Waals surface area contributed by atoms with Gasteiger partial charge >= 0.3 is 12.1 Å². The third-order valence-corrected chi connectivity index (χ3v) is 5.21. The predicted molar refractivity (Wildman–Crippen MR) is 83.3 cm³/mol. The first-order chi connectivity index (χ1) is 11.9. The van der Waals surface area contributed by atoms with Crippen LogP contribution in [0.1, 0.15) is 19.3 Å². The van der Waals surface area contributed by atoms with E-state index in [-0.39, 0.29) is 11.3 Å². The number of carboxylic acids is 1. The summed E-state index contributed by atoms with van der Waals surface area (Å²) in [7, 11) is 4.08. The highest BCUT2D eigenvalue weighted by Crippen LogP contribution is 2.45. The summed E-state index contributed by atoms with van der Waals surface area (Å²) < 4.78 is 51.6. The molecule has 26 heavy (non-hydrogen) atoms. The number of hydrogen-bond donors (Lipinski definition) is 1. The van der Waals surface area contributed by atoms with Crippen molar-refractivity contribution in [3.8, 4) is 0 Å². The van der Waals surface area contributed by atoms with Crippen molar-refractivity contribution in [2.24, 2.45) is 11.3 Å². The van der Waals surface area contributed by atoms with E-state index in [0.29, 0.717) is 45.1 Å². The molecule has 3 aliphatic rings. The first-order valence-corrected chi connectivity index (χ1v) is 8.40. The first kappa shape index (κ1) is 20.9. The topological polar surface area (TPSA) is 70.1 Å². The molecule has 2 saturated heterocycles. The van der Waals surface area contributed by atoms with Crippen LogP contribution in [0.4, 0.5) is 17.6 Å². The Morgan fingerprint density at radius 2 is 1.88 bits per heavy atom. The fraction of sp³-hybridized carbons (Fsp3) is 0.875. The number of fused-ring (bicyclic) bond motifs is 1. The maximum Gasteiger partial charge on any atom is 0.490 e. The highest BCUT2D eigenvalue weighted by molar-refractivity contribution is 5.86. The van der Waals surface area contributed by atoms with Gasteiger partial charge in [-0.25, -0.2) is 9.18 Å². The quantitative estimate of drug-likeness (QED) is 0.748. The lowest BCUT2D eigenvalue weighted by atomic mass is 9.80. The number of carboxylic acid groups (broad SMARTS) is 1. The maximum atomic E-state index is 14.3. The molecule has 0 aromatic rings. The molecule has 1 N–H and O–H groups in total. The molecule has 1 aliphatic carbocycles. The van der Waals surface area contributed by atoms with Crippen molar-refractivity contribution >= 4 is 11.9 Å². The number of halogens is 4. The maximum absolute atomic E-state index is 14.3. The summed E-state index contributed by atoms with van der Waals surface area (Å²) in [5.41, 5.74) is -1.54. The van der Waals surface area contributed by atoms with Crippen molar-refractivity contribution in [1.82, 2.24) is 9.80 Å². The molecule has 1 amide bonds. The van der Waals surface area contributed by atoms with Gasteiger partial charge in [0.05, 0.1) is 13.2 Å². The van der Waals surface area contributed by atoms with Crippen LogP contribution in [0.3, 0.4) is 0 Å². The minimum Gasteiger partial charge on any atom is -0.475 e. The molecule has 2 aliphatic heterocycles. The molecule has 10 heteroatoms. The number of likely N-dealkylation sites (tertiary alicyclic amines) is 1. The smallest absolute Gasteiger partial charge is 0.475 e. The number of ether oxygens (including phenoxy) is 1. The second-order valence-electron chi connectivity index (χ2n) is 7.62. The molecule has 0 aromatic heterocycles. The summed E-state index contributed by atoms with van der Waals surface area (Å²) in [6, 6.07) is 0. The highest BCUT2D eigenvalue weighted by atomic mass is 19.4. The van der Waals surface area contributed by atoms with E-state index in [1.807, 2.05) is 14.1 Å². The molecule has 0 radical (unpaired) electrons. The fourth-order valence-corrected chi connectivity index (χ4v) is 3.82. The van der Waals surface area contributed by atoms with Crippen molar-refractivity contribution in [1.29, 1.82) is 0 Å². The lowest BCUT2D eigenvalue weighted by Gasteiger charge is -2.36. The molecule has 2 atom stereocenters. The van der Waals surface area contributed by atoms with Crippen molar-refractivity contribution in [3.05, 3.63) is 0 Å². The number of carbonyl (C=O) groups is 2. The fourth-order valence-electron chi connectivity index (χ4n) is 3.82. The van der Waals surface area contributed by atoms with Crippen LogP contribution in [0, 0.1) is 11.3 Å². The van der Waals surface area contributed by atoms with Gasteiger partial charge < -0.3 is 19.6 Å². The van der Waals surface area contributed by atoms with E-state index in [9.17, 15) is 22.4 Å². The molecule has 6 nitrogen and oxygen atoms in total. The largest absolute Gasteiger partial charge is 0.490 e. The molecule has 0 bridgehead atoms. The number of carbonyl (C=O) groups excluding carboxylic acids is 1. The number of aliphatic carboxylic acids is 1. The third kappa shape index (κ3) is 4.28. The molecular formula is C16H24F4N2O4. The number of nitrogens with zero attached hydrogens (tertiary/aromatic N) is 2. The van der Waals surface area contributed by atoms with Crippen LogP contribution in [-0.2, 0) is 14.3 Å². The normalized spacial score (nSPS) is 29.7. The second-order valence-corrected chi connectivity index (χ2v) is 7.62. The summed E-state index contributed by atoms with van der Waals surface area (Å²) in [6.45, 7) is 3.62. The van der Waals surface area contributed by atoms with E-state index in [1.54, 1.807) is 4.90 Å². The Morgan fingerprint density at radius 3 is 2.31 bits per heavy atom. The number of rotatable bonds is 3. The molecule has 0 unspecified atom stereocenters. The minimum absolute atomic E-state index is 0.0132. The monoisotopic (exact) mass is 384 g/mol. The molecule has 1 saturated carbocycles. The molecule has 3 fully saturated rings. The van der Waals surface area contributed by atoms with Gasteiger partial charge in [0, 0.05) is 31.0 Å². The number of alkyl halides is 4. The summed E-state index contributed by atoms with van der Waals surface area (Å²) in [6.07, 6.45) is -3.43. The van der Waals surface area contributed by atoms with E-state index in [4.69, 9.17) is 14.6 Å². The van der Waals surface area contributed by atoms with Gasteiger partial charge in [-0.05, 0) is 33.4 Å². The number of hydrogen-bond acceptors (Lipinski definition) is 4. The average molecular weight is 384 g/mol. The van der Waals surface area contributed by atoms with Gasteiger partial charge in [-0.3, -0.25) is 4.79 Å². The molecule has 3 rings (SSSR count). The molecule has 150 valence electrons. The molecule has 0 spiro atoms. The van der Waals surface area contributed by atoms with Gasteiger partial charge in [0.2, 0.25) is 0 Å². The van der Waals surface area contributed by atoms with Gasteiger partial charge in [-0.15, -0.1) is 0 Å². The summed E-state index contributed by atoms with van der Waals surface area (Å²) in [5.74, 6) is -2.67. The van der Waals surface area contributed by atoms with Gasteiger partial charge in [0.25, 0.3) is 5.91 Å². The van der Waals surface area contributed by atoms with Crippen molar-refractivity contribution in [2.45, 2.75) is 31.1 Å². The average Bonchev–Trinajstić information content (AvgIpc) is 2.99. The standard InChI is InChI=1S/C14H23FN2O2.C2HF3O2/c1-16(2)8-13-9-17(6-11(13)7-19-10-13)12(18)14(15)4-3-5-14;3-2(4,5)1(6)7/h11H,3-10H2,1-2H3;(H,6,7)/t11-,13+;/m1./s1. The van der Waals surface area contributed by atoms with Crippen molar-refractivity contribution < 1.29 is 37.0 Å². The van der Waals surface area contributed by atoms with Crippen LogP contribution >= 0.6 is 0 Å². The Hall–Kier alpha value is -1.42. The van der Waals surface area contributed by atoms with Gasteiger partial charge in [0.15, 0.2) is 5.67 Å². The summed E-state index contributed by atoms with van der Waals surface area (Å²) in [5, 5.41) is 7.12. The lowest BCUT2D eigenvalue weighted by molar-refractivity contribution is -0.192. The lowest BCUT2D eigenvalue weighted by Crippen LogP contribution is -2.50. The molecular weight excluding hydrogens is 360 g/mol. The van der Waals surface area contributed by atoms with E-state index in [2.05, 4.69) is 4.90 Å². The third-order valence-electron chi connectivity index (χ3n) is 5.21.